The lowest BCUT2D eigenvalue weighted by atomic mass is 10.1. The molecule has 20 heavy (non-hydrogen) atoms. The molecule has 1 aromatic rings. The van der Waals surface area contributed by atoms with Crippen LogP contribution in [0.5, 0.6) is 0 Å². The molecule has 0 radical (unpaired) electrons. The van der Waals surface area contributed by atoms with E-state index >= 15 is 0 Å². The summed E-state index contributed by atoms with van der Waals surface area (Å²) in [7, 11) is -3.35. The minimum absolute atomic E-state index is 0.0107. The van der Waals surface area contributed by atoms with Gasteiger partial charge in [0.2, 0.25) is 0 Å². The molecule has 1 fully saturated rings. The molecule has 2 unspecified atom stereocenters. The van der Waals surface area contributed by atoms with Crippen molar-refractivity contribution in [3.8, 4) is 0 Å². The maximum absolute atomic E-state index is 14.3. The van der Waals surface area contributed by atoms with Crippen molar-refractivity contribution in [2.45, 2.75) is 22.9 Å². The van der Waals surface area contributed by atoms with Crippen LogP contribution in [0.1, 0.15) is 5.37 Å². The number of thioether (sulfide) groups is 1. The number of anilines is 1. The Labute approximate surface area is 117 Å². The number of hydrogen-bond donors (Lipinski definition) is 3. The summed E-state index contributed by atoms with van der Waals surface area (Å²) >= 11 is 0.940. The second kappa shape index (κ2) is 6.23. The molecule has 0 bridgehead atoms. The number of halogens is 1. The van der Waals surface area contributed by atoms with Gasteiger partial charge in [-0.3, -0.25) is 9.13 Å². The van der Waals surface area contributed by atoms with Gasteiger partial charge in [0.15, 0.2) is 6.17 Å². The van der Waals surface area contributed by atoms with E-state index in [0.29, 0.717) is 0 Å². The third kappa shape index (κ3) is 3.04. The van der Waals surface area contributed by atoms with Crippen molar-refractivity contribution in [3.05, 3.63) is 22.7 Å². The summed E-state index contributed by atoms with van der Waals surface area (Å²) in [5.74, 6) is 0.0107. The van der Waals surface area contributed by atoms with Gasteiger partial charge in [0.05, 0.1) is 11.9 Å². The summed E-state index contributed by atoms with van der Waals surface area (Å²) in [5, 5.41) is 7.43. The Hall–Kier alpha value is -0.930. The normalized spacial score (nSPS) is 31.4. The Morgan fingerprint density at radius 2 is 2.35 bits per heavy atom. The van der Waals surface area contributed by atoms with Gasteiger partial charge >= 0.3 is 13.9 Å². The van der Waals surface area contributed by atoms with Gasteiger partial charge in [-0.15, -0.1) is 11.8 Å². The fourth-order valence-corrected chi connectivity index (χ4v) is 3.97. The second-order valence-electron chi connectivity index (χ2n) is 4.08. The van der Waals surface area contributed by atoms with Gasteiger partial charge in [0, 0.05) is 6.20 Å². The van der Waals surface area contributed by atoms with Crippen LogP contribution in [0.25, 0.3) is 0 Å². The van der Waals surface area contributed by atoms with Gasteiger partial charge in [-0.1, -0.05) is 0 Å². The molecule has 2 rings (SSSR count). The highest BCUT2D eigenvalue weighted by molar-refractivity contribution is 8.00. The molecule has 0 amide bonds. The Balaban J connectivity index is 2.29. The van der Waals surface area contributed by atoms with Crippen LogP contribution >= 0.6 is 20.0 Å². The molecule has 1 aromatic heterocycles. The van der Waals surface area contributed by atoms with Crippen LogP contribution in [-0.2, 0) is 9.09 Å². The topological polar surface area (TPSA) is 128 Å². The summed E-state index contributed by atoms with van der Waals surface area (Å²) in [6.07, 6.45) is -1.72. The van der Waals surface area contributed by atoms with Crippen molar-refractivity contribution in [3.63, 3.8) is 0 Å². The molecule has 1 aliphatic heterocycles. The number of nitrogens with two attached hydrogens (primary N) is 1. The lowest BCUT2D eigenvalue weighted by Crippen LogP contribution is -2.34. The lowest BCUT2D eigenvalue weighted by molar-refractivity contribution is 0.0790. The number of rotatable bonds is 4. The fourth-order valence-electron chi connectivity index (χ4n) is 1.94. The molecule has 11 heteroatoms. The van der Waals surface area contributed by atoms with Gasteiger partial charge in [0.25, 0.3) is 0 Å². The van der Waals surface area contributed by atoms with E-state index in [2.05, 4.69) is 9.51 Å². The van der Waals surface area contributed by atoms with Crippen LogP contribution in [-0.4, -0.2) is 43.7 Å². The van der Waals surface area contributed by atoms with E-state index in [4.69, 9.17) is 10.6 Å². The Kier molecular flexibility index (Phi) is 4.82. The van der Waals surface area contributed by atoms with Crippen LogP contribution < -0.4 is 11.4 Å². The summed E-state index contributed by atoms with van der Waals surface area (Å²) < 4.78 is 30.7. The van der Waals surface area contributed by atoms with Crippen molar-refractivity contribution in [1.82, 2.24) is 9.55 Å². The molecule has 8 nitrogen and oxygen atoms in total. The maximum atomic E-state index is 14.3. The van der Waals surface area contributed by atoms with Crippen molar-refractivity contribution in [1.29, 1.82) is 0 Å². The Bertz CT molecular complexity index is 573. The maximum Gasteiger partial charge on any atom is 0.350 e. The zero-order valence-corrected chi connectivity index (χ0v) is 11.9. The van der Waals surface area contributed by atoms with Crippen LogP contribution in [0.4, 0.5) is 10.2 Å². The molecule has 0 aliphatic carbocycles. The highest BCUT2D eigenvalue weighted by atomic mass is 32.2. The predicted octanol–water partition coefficient (Wildman–Crippen LogP) is -0.463. The highest BCUT2D eigenvalue weighted by Gasteiger charge is 2.47. The van der Waals surface area contributed by atoms with E-state index in [0.717, 1.165) is 16.3 Å². The third-order valence-electron chi connectivity index (χ3n) is 2.81. The summed E-state index contributed by atoms with van der Waals surface area (Å²) in [6, 6.07) is 1.34. The monoisotopic (exact) mass is 325 g/mol. The van der Waals surface area contributed by atoms with E-state index in [1.165, 1.54) is 12.3 Å². The Morgan fingerprint density at radius 1 is 1.65 bits per heavy atom. The first-order valence-electron chi connectivity index (χ1n) is 5.58. The van der Waals surface area contributed by atoms with Crippen LogP contribution in [0.3, 0.4) is 0 Å². The standard InChI is InChI=1S/C9H13FN3O5PS/c10-6-7(18-19(16)17)4(3-14)20-8(6)13-2-1-5(11)12-9(13)15/h1-2,4,6-8,14,19H,3H2,(H,16,17)(H2,11,12,15)/t4-,6?,7-,8-/m1/s1. The first-order valence-corrected chi connectivity index (χ1v) is 7.79. The van der Waals surface area contributed by atoms with Crippen molar-refractivity contribution < 1.29 is 23.5 Å². The van der Waals surface area contributed by atoms with E-state index < -0.39 is 43.5 Å². The number of nitrogens with zero attached hydrogens (tertiary/aromatic N) is 2. The van der Waals surface area contributed by atoms with Crippen LogP contribution in [0, 0.1) is 0 Å². The Morgan fingerprint density at radius 3 is 2.90 bits per heavy atom. The van der Waals surface area contributed by atoms with Gasteiger partial charge < -0.3 is 20.3 Å². The molecular formula is C9H13FN3O5PS. The number of aliphatic hydroxyl groups is 1. The van der Waals surface area contributed by atoms with E-state index in [1.807, 2.05) is 0 Å². The highest BCUT2D eigenvalue weighted by Crippen LogP contribution is 2.46. The van der Waals surface area contributed by atoms with Gasteiger partial charge in [-0.05, 0) is 6.07 Å². The summed E-state index contributed by atoms with van der Waals surface area (Å²) in [6.45, 7) is -0.446. The quantitative estimate of drug-likeness (QED) is 0.634. The minimum Gasteiger partial charge on any atom is -0.395 e. The minimum atomic E-state index is -3.35. The molecule has 4 N–H and O–H groups in total. The SMILES string of the molecule is Nc1ccn([C@@H]2S[C@H](CO)[C@@H](O[PH](=O)O)C2F)c(=O)n1. The van der Waals surface area contributed by atoms with Crippen molar-refractivity contribution in [2.24, 2.45) is 0 Å². The van der Waals surface area contributed by atoms with Gasteiger partial charge in [-0.2, -0.15) is 4.98 Å². The second-order valence-corrected chi connectivity index (χ2v) is 6.21. The molecule has 112 valence electrons. The largest absolute Gasteiger partial charge is 0.395 e. The van der Waals surface area contributed by atoms with E-state index in [9.17, 15) is 18.9 Å². The molecule has 2 heterocycles. The number of nitrogen functional groups attached to an aromatic ring is 1. The number of alkyl halides is 1. The van der Waals surface area contributed by atoms with E-state index in [-0.39, 0.29) is 5.82 Å². The number of hydrogen-bond acceptors (Lipinski definition) is 7. The predicted molar refractivity (Wildman–Crippen MR) is 71.4 cm³/mol. The summed E-state index contributed by atoms with van der Waals surface area (Å²) in [4.78, 5) is 23.9. The zero-order chi connectivity index (χ0) is 14.9. The van der Waals surface area contributed by atoms with Crippen LogP contribution in [0.15, 0.2) is 17.1 Å². The van der Waals surface area contributed by atoms with Gasteiger partial charge in [-0.25, -0.2) is 9.18 Å². The molecule has 5 atom stereocenters. The smallest absolute Gasteiger partial charge is 0.350 e. The zero-order valence-electron chi connectivity index (χ0n) is 10.0. The first kappa shape index (κ1) is 15.5. The number of aliphatic hydroxyl groups excluding tert-OH is 1. The molecule has 0 spiro atoms. The van der Waals surface area contributed by atoms with Gasteiger partial charge in [0.1, 0.15) is 17.3 Å². The lowest BCUT2D eigenvalue weighted by Gasteiger charge is -2.18. The fraction of sp³-hybridized carbons (Fsp3) is 0.556. The molecule has 1 saturated heterocycles. The molecule has 0 saturated carbocycles. The average Bonchev–Trinajstić information content (AvgIpc) is 2.67. The van der Waals surface area contributed by atoms with Crippen molar-refractivity contribution >= 4 is 25.8 Å². The third-order valence-corrected chi connectivity index (χ3v) is 4.82. The van der Waals surface area contributed by atoms with Crippen molar-refractivity contribution in [2.75, 3.05) is 12.3 Å². The molecule has 1 aliphatic rings. The summed E-state index contributed by atoms with van der Waals surface area (Å²) in [5.41, 5.74) is 4.61. The number of aromatic nitrogens is 2. The molecule has 0 aromatic carbocycles. The van der Waals surface area contributed by atoms with Crippen LogP contribution in [0.2, 0.25) is 0 Å². The molecular weight excluding hydrogens is 312 g/mol. The first-order chi connectivity index (χ1) is 9.43. The van der Waals surface area contributed by atoms with E-state index in [1.54, 1.807) is 0 Å². The average molecular weight is 325 g/mol.